The lowest BCUT2D eigenvalue weighted by Crippen LogP contribution is -2.38. The first kappa shape index (κ1) is 53.8. The number of para-hydroxylation sites is 2. The van der Waals surface area contributed by atoms with Crippen LogP contribution in [0.5, 0.6) is 0 Å². The van der Waals surface area contributed by atoms with E-state index < -0.39 is 23.4 Å². The van der Waals surface area contributed by atoms with Crippen LogP contribution in [0.15, 0.2) is 117 Å². The number of hydrogen-bond acceptors (Lipinski definition) is 10. The Morgan fingerprint density at radius 2 is 0.738 bits per heavy atom. The predicted octanol–water partition coefficient (Wildman–Crippen LogP) is 7.31. The maximum Gasteiger partial charge on any atom is 0.328 e. The van der Waals surface area contributed by atoms with Crippen molar-refractivity contribution < 1.29 is 19.2 Å². The molecule has 0 spiro atoms. The number of rotatable bonds is 10. The minimum Gasteiger partial charge on any atom is -0.310 e. The number of imidazole rings is 2. The lowest BCUT2D eigenvalue weighted by atomic mass is 10.2. The highest BCUT2D eigenvalue weighted by Crippen LogP contribution is 2.23. The summed E-state index contributed by atoms with van der Waals surface area (Å²) in [5, 5.41) is 11.5. The number of ketones is 2. The third-order valence-electron chi connectivity index (χ3n) is 9.73. The van der Waals surface area contributed by atoms with Crippen LogP contribution in [0, 0.1) is 0 Å². The summed E-state index contributed by atoms with van der Waals surface area (Å²) in [6.45, 7) is 14.9. The van der Waals surface area contributed by atoms with Crippen molar-refractivity contribution in [2.75, 3.05) is 48.0 Å². The summed E-state index contributed by atoms with van der Waals surface area (Å²) < 4.78 is 6.11. The maximum absolute atomic E-state index is 13.0. The summed E-state index contributed by atoms with van der Waals surface area (Å²) in [5.41, 5.74) is 4.85. The highest BCUT2D eigenvalue weighted by molar-refractivity contribution is 6.68. The number of carbonyl (C=O) groups is 4. The van der Waals surface area contributed by atoms with E-state index in [2.05, 4.69) is 24.1 Å². The van der Waals surface area contributed by atoms with E-state index in [0.717, 1.165) is 22.4 Å². The van der Waals surface area contributed by atoms with Gasteiger partial charge in [0, 0.05) is 81.6 Å². The topological polar surface area (TPSA) is 160 Å². The van der Waals surface area contributed by atoms with Gasteiger partial charge >= 0.3 is 11.4 Å². The van der Waals surface area contributed by atoms with Crippen molar-refractivity contribution in [3.8, 4) is 0 Å². The zero-order valence-electron chi connectivity index (χ0n) is 40.9. The molecule has 2 aromatic heterocycles. The molecule has 0 bridgehead atoms. The highest BCUT2D eigenvalue weighted by Gasteiger charge is 2.25. The minimum atomic E-state index is -0.527. The van der Waals surface area contributed by atoms with Gasteiger partial charge in [0.2, 0.25) is 0 Å². The minimum absolute atomic E-state index is 0.151. The molecule has 0 radical (unpaired) electrons. The Morgan fingerprint density at radius 3 is 1.02 bits per heavy atom. The Kier molecular flexibility index (Phi) is 20.7. The molecule has 6 aromatic rings. The van der Waals surface area contributed by atoms with Crippen LogP contribution in [0.25, 0.3) is 22.1 Å². The van der Waals surface area contributed by atoms with Crippen LogP contribution in [0.3, 0.4) is 0 Å². The molecule has 2 heterocycles. The fourth-order valence-corrected chi connectivity index (χ4v) is 6.19. The van der Waals surface area contributed by atoms with Gasteiger partial charge in [-0.05, 0) is 60.7 Å². The Morgan fingerprint density at radius 1 is 0.462 bits per heavy atom. The molecule has 0 N–H and O–H groups in total. The van der Waals surface area contributed by atoms with Crippen LogP contribution < -0.4 is 31.2 Å². The van der Waals surface area contributed by atoms with Gasteiger partial charge < -0.3 is 9.80 Å². The zero-order valence-corrected chi connectivity index (χ0v) is 40.9. The van der Waals surface area contributed by atoms with Crippen molar-refractivity contribution in [3.05, 3.63) is 118 Å². The predicted molar refractivity (Wildman–Crippen MR) is 268 cm³/mol. The van der Waals surface area contributed by atoms with Crippen LogP contribution in [-0.4, -0.2) is 81.3 Å². The second-order valence-corrected chi connectivity index (χ2v) is 14.3. The first-order chi connectivity index (χ1) is 30.9. The number of aryl methyl sites for hydroxylation is 4. The number of carbonyl (C=O) groups excluding carboxylic acids is 4. The normalized spacial score (nSPS) is 10.8. The summed E-state index contributed by atoms with van der Waals surface area (Å²) in [4.78, 5) is 77.3. The summed E-state index contributed by atoms with van der Waals surface area (Å²) in [7, 11) is 13.2. The summed E-state index contributed by atoms with van der Waals surface area (Å²) in [6, 6.07) is 29.0. The van der Waals surface area contributed by atoms with Crippen molar-refractivity contribution in [1.82, 2.24) is 18.3 Å². The molecule has 0 aliphatic carbocycles. The van der Waals surface area contributed by atoms with Crippen LogP contribution in [-0.2, 0) is 47.4 Å². The van der Waals surface area contributed by atoms with Crippen LogP contribution in [0.1, 0.15) is 61.8 Å². The number of nitrogens with zero attached hydrogens (tertiary/aromatic N) is 10. The van der Waals surface area contributed by atoms with E-state index in [1.807, 2.05) is 88.4 Å². The first-order valence-electron chi connectivity index (χ1n) is 21.5. The van der Waals surface area contributed by atoms with Crippen LogP contribution in [0.2, 0.25) is 0 Å². The summed E-state index contributed by atoms with van der Waals surface area (Å²) >= 11 is 0. The fourth-order valence-electron chi connectivity index (χ4n) is 6.19. The molecule has 65 heavy (non-hydrogen) atoms. The quantitative estimate of drug-likeness (QED) is 0.0787. The molecule has 6 rings (SSSR count). The SMILES string of the molecule is CC.CC.CC(=O)/C(=N/N(C)c1ccccc1)C(=O)N(C)c1ccc2c(c1)n(C)c(=O)n2C.CC(=O)/C(=N/N(C)c1ccccc1)C(=O)N(C)c1ccc2c(c1)n(C)c(=O)n2C.CCC. The standard InChI is InChI=1S/2C21H23N5O3.C3H8.2C2H6/c2*1-14(27)19(22-26(5)15-9-7-6-8-10-15)20(28)23(2)16-11-12-17-18(13-16)25(4)21(29)24(17)3;1-3-2;2*1-2/h2*6-13H,1-5H3;3H2,1-2H3;2*1-2H3/b2*22-19-;;;. The Balaban J connectivity index is 0.000000393. The van der Waals surface area contributed by atoms with E-state index in [0.29, 0.717) is 22.4 Å². The van der Waals surface area contributed by atoms with Crippen molar-refractivity contribution in [3.63, 3.8) is 0 Å². The zero-order chi connectivity index (χ0) is 49.3. The van der Waals surface area contributed by atoms with Gasteiger partial charge in [-0.3, -0.25) is 47.5 Å². The molecular formula is C49H66N10O6. The first-order valence-corrected chi connectivity index (χ1v) is 21.5. The molecule has 16 nitrogen and oxygen atoms in total. The molecule has 0 fully saturated rings. The van der Waals surface area contributed by atoms with Gasteiger partial charge in [-0.1, -0.05) is 84.4 Å². The third-order valence-corrected chi connectivity index (χ3v) is 9.73. The van der Waals surface area contributed by atoms with E-state index in [4.69, 9.17) is 0 Å². The Hall–Kier alpha value is -7.36. The number of Topliss-reactive ketones (excluding diaryl/α,β-unsaturated/α-hetero) is 2. The van der Waals surface area contributed by atoms with Gasteiger partial charge in [0.05, 0.1) is 33.4 Å². The summed E-state index contributed by atoms with van der Waals surface area (Å²) in [6.07, 6.45) is 1.25. The van der Waals surface area contributed by atoms with Gasteiger partial charge in [-0.2, -0.15) is 10.2 Å². The monoisotopic (exact) mass is 891 g/mol. The molecule has 0 saturated heterocycles. The molecule has 0 unspecified atom stereocenters. The van der Waals surface area contributed by atoms with Gasteiger partial charge in [0.1, 0.15) is 0 Å². The molecule has 348 valence electrons. The van der Waals surface area contributed by atoms with Gasteiger partial charge in [-0.25, -0.2) is 9.59 Å². The average molecular weight is 891 g/mol. The molecule has 0 atom stereocenters. The summed E-state index contributed by atoms with van der Waals surface area (Å²) in [5.74, 6) is -1.92. The van der Waals surface area contributed by atoms with Gasteiger partial charge in [-0.15, -0.1) is 0 Å². The van der Waals surface area contributed by atoms with E-state index in [9.17, 15) is 28.8 Å². The number of hydrazone groups is 2. The number of amides is 2. The van der Waals surface area contributed by atoms with Crippen LogP contribution >= 0.6 is 0 Å². The number of anilines is 4. The van der Waals surface area contributed by atoms with Crippen molar-refractivity contribution in [2.45, 2.75) is 61.8 Å². The lowest BCUT2D eigenvalue weighted by Gasteiger charge is -2.20. The van der Waals surface area contributed by atoms with Gasteiger partial charge in [0.25, 0.3) is 11.8 Å². The molecule has 2 amide bonds. The molecule has 0 aliphatic rings. The van der Waals surface area contributed by atoms with Crippen molar-refractivity contribution in [1.29, 1.82) is 0 Å². The molecular weight excluding hydrogens is 825 g/mol. The smallest absolute Gasteiger partial charge is 0.310 e. The second kappa shape index (κ2) is 25.1. The van der Waals surface area contributed by atoms with Gasteiger partial charge in [0.15, 0.2) is 23.0 Å². The molecule has 4 aromatic carbocycles. The third kappa shape index (κ3) is 12.9. The van der Waals surface area contributed by atoms with E-state index in [-0.39, 0.29) is 22.8 Å². The Bertz CT molecular complexity index is 2560. The van der Waals surface area contributed by atoms with E-state index in [1.165, 1.54) is 58.4 Å². The van der Waals surface area contributed by atoms with E-state index >= 15 is 0 Å². The molecule has 0 saturated carbocycles. The second-order valence-electron chi connectivity index (χ2n) is 14.3. The number of benzene rings is 4. The number of fused-ring (bicyclic) bond motifs is 2. The molecule has 16 heteroatoms. The maximum atomic E-state index is 13.0. The lowest BCUT2D eigenvalue weighted by molar-refractivity contribution is -0.117. The fraction of sp³-hybridized carbons (Fsp3) is 0.347. The van der Waals surface area contributed by atoms with Crippen molar-refractivity contribution in [2.24, 2.45) is 38.4 Å². The number of aromatic nitrogens is 4. The largest absolute Gasteiger partial charge is 0.328 e. The number of hydrogen-bond donors (Lipinski definition) is 0. The Labute approximate surface area is 382 Å². The highest BCUT2D eigenvalue weighted by atomic mass is 16.2. The van der Waals surface area contributed by atoms with Crippen molar-refractivity contribution >= 4 is 79.6 Å². The van der Waals surface area contributed by atoms with Crippen LogP contribution in [0.4, 0.5) is 22.7 Å². The van der Waals surface area contributed by atoms with E-state index in [1.54, 1.807) is 92.8 Å². The molecule has 0 aliphatic heterocycles. The average Bonchev–Trinajstić information content (AvgIpc) is 3.68.